The highest BCUT2D eigenvalue weighted by molar-refractivity contribution is 7.99. The Morgan fingerprint density at radius 1 is 1.00 bits per heavy atom. The summed E-state index contributed by atoms with van der Waals surface area (Å²) in [6, 6.07) is 20.6. The van der Waals surface area contributed by atoms with Gasteiger partial charge in [0.05, 0.1) is 12.0 Å². The third-order valence-corrected chi connectivity index (χ3v) is 6.60. The maximum atomic E-state index is 13.6. The summed E-state index contributed by atoms with van der Waals surface area (Å²) < 4.78 is 7.04. The third kappa shape index (κ3) is 3.95. The lowest BCUT2D eigenvalue weighted by Crippen LogP contribution is -2.49. The maximum absolute atomic E-state index is 13.6. The van der Waals surface area contributed by atoms with Crippen molar-refractivity contribution >= 4 is 29.6 Å². The van der Waals surface area contributed by atoms with E-state index in [2.05, 4.69) is 20.9 Å². The summed E-state index contributed by atoms with van der Waals surface area (Å²) in [4.78, 5) is 39.2. The molecule has 4 aromatic rings. The number of imide groups is 1. The maximum Gasteiger partial charge on any atom is 0.344 e. The second kappa shape index (κ2) is 9.11. The summed E-state index contributed by atoms with van der Waals surface area (Å²) >= 11 is 1.12. The van der Waals surface area contributed by atoms with Gasteiger partial charge in [0.15, 0.2) is 22.3 Å². The largest absolute Gasteiger partial charge is 0.461 e. The molecule has 10 nitrogen and oxygen atoms in total. The molecule has 0 spiro atoms. The molecule has 35 heavy (non-hydrogen) atoms. The molecule has 0 saturated carbocycles. The van der Waals surface area contributed by atoms with Crippen molar-refractivity contribution in [2.24, 2.45) is 7.05 Å². The Kier molecular flexibility index (Phi) is 5.83. The van der Waals surface area contributed by atoms with Crippen molar-refractivity contribution in [2.75, 3.05) is 5.75 Å². The number of hydrazine groups is 1. The number of carbonyl (C=O) groups is 3. The summed E-state index contributed by atoms with van der Waals surface area (Å²) in [5.74, 6) is -0.170. The predicted molar refractivity (Wildman–Crippen MR) is 127 cm³/mol. The Balaban J connectivity index is 1.33. The van der Waals surface area contributed by atoms with Gasteiger partial charge >= 0.3 is 6.03 Å². The van der Waals surface area contributed by atoms with Crippen LogP contribution in [-0.2, 0) is 22.2 Å². The normalized spacial score (nSPS) is 14.7. The molecule has 1 saturated heterocycles. The van der Waals surface area contributed by atoms with Crippen molar-refractivity contribution in [3.8, 4) is 11.6 Å². The monoisotopic (exact) mass is 488 g/mol. The number of benzene rings is 2. The lowest BCUT2D eigenvalue weighted by atomic mass is 9.83. The van der Waals surface area contributed by atoms with Crippen molar-refractivity contribution in [3.05, 3.63) is 90.2 Å². The average Bonchev–Trinajstić information content (AvgIpc) is 3.60. The Labute approximate surface area is 204 Å². The second-order valence-electron chi connectivity index (χ2n) is 7.72. The smallest absolute Gasteiger partial charge is 0.344 e. The van der Waals surface area contributed by atoms with Crippen LogP contribution < -0.4 is 10.7 Å². The van der Waals surface area contributed by atoms with Crippen molar-refractivity contribution < 1.29 is 18.8 Å². The van der Waals surface area contributed by atoms with Crippen LogP contribution in [0.15, 0.2) is 88.6 Å². The number of thioether (sulfide) groups is 1. The number of hydrogen-bond donors (Lipinski definition) is 2. The van der Waals surface area contributed by atoms with Gasteiger partial charge in [0.1, 0.15) is 0 Å². The van der Waals surface area contributed by atoms with Gasteiger partial charge in [-0.3, -0.25) is 15.0 Å². The van der Waals surface area contributed by atoms with E-state index in [4.69, 9.17) is 4.42 Å². The standard InChI is InChI=1S/C24H20N6O4S/c1-29-20(18-13-8-14-34-18)26-27-23(29)35-15-19(31)28-30-21(32)24(25-22(30)33,16-9-4-2-5-10-16)17-11-6-3-7-12-17/h2-14H,15H2,1H3,(H,25,33)(H,28,31). The van der Waals surface area contributed by atoms with Gasteiger partial charge in [-0.2, -0.15) is 5.01 Å². The van der Waals surface area contributed by atoms with Gasteiger partial charge in [-0.1, -0.05) is 72.4 Å². The van der Waals surface area contributed by atoms with Gasteiger partial charge in [-0.05, 0) is 23.3 Å². The minimum absolute atomic E-state index is 0.0924. The lowest BCUT2D eigenvalue weighted by molar-refractivity contribution is -0.137. The van der Waals surface area contributed by atoms with E-state index in [9.17, 15) is 14.4 Å². The Morgan fingerprint density at radius 2 is 1.66 bits per heavy atom. The minimum atomic E-state index is -1.46. The number of furan rings is 1. The summed E-state index contributed by atoms with van der Waals surface area (Å²) in [7, 11) is 1.75. The molecule has 176 valence electrons. The van der Waals surface area contributed by atoms with Crippen LogP contribution in [0.4, 0.5) is 4.79 Å². The highest BCUT2D eigenvalue weighted by Crippen LogP contribution is 2.35. The fourth-order valence-electron chi connectivity index (χ4n) is 3.91. The van der Waals surface area contributed by atoms with E-state index in [1.807, 2.05) is 12.1 Å². The number of carbonyl (C=O) groups excluding carboxylic acids is 3. The molecular formula is C24H20N6O4S. The molecular weight excluding hydrogens is 468 g/mol. The van der Waals surface area contributed by atoms with E-state index in [1.54, 1.807) is 72.3 Å². The second-order valence-corrected chi connectivity index (χ2v) is 8.66. The zero-order valence-corrected chi connectivity index (χ0v) is 19.4. The summed E-state index contributed by atoms with van der Waals surface area (Å²) in [5.41, 5.74) is 2.14. The van der Waals surface area contributed by atoms with E-state index >= 15 is 0 Å². The SMILES string of the molecule is Cn1c(SCC(=O)NN2C(=O)NC(c3ccccc3)(c3ccccc3)C2=O)nnc1-c1ccco1. The van der Waals surface area contributed by atoms with Gasteiger partial charge in [-0.15, -0.1) is 10.2 Å². The molecule has 3 heterocycles. The van der Waals surface area contributed by atoms with Crippen LogP contribution in [0.3, 0.4) is 0 Å². The van der Waals surface area contributed by atoms with E-state index in [0.29, 0.717) is 27.9 Å². The van der Waals surface area contributed by atoms with Gasteiger partial charge < -0.3 is 14.3 Å². The Morgan fingerprint density at radius 3 is 2.26 bits per heavy atom. The topological polar surface area (TPSA) is 122 Å². The van der Waals surface area contributed by atoms with Gasteiger partial charge in [0.25, 0.3) is 5.91 Å². The first-order valence-electron chi connectivity index (χ1n) is 10.6. The molecule has 2 aromatic heterocycles. The van der Waals surface area contributed by atoms with Gasteiger partial charge in [-0.25, -0.2) is 4.79 Å². The van der Waals surface area contributed by atoms with Gasteiger partial charge in [0, 0.05) is 7.05 Å². The summed E-state index contributed by atoms with van der Waals surface area (Å²) in [6.07, 6.45) is 1.54. The first kappa shape index (κ1) is 22.4. The van der Waals surface area contributed by atoms with E-state index in [0.717, 1.165) is 16.8 Å². The number of amides is 4. The molecule has 2 N–H and O–H groups in total. The number of hydrogen-bond acceptors (Lipinski definition) is 7. The first-order chi connectivity index (χ1) is 17.0. The molecule has 0 atom stereocenters. The highest BCUT2D eigenvalue weighted by atomic mass is 32.2. The van der Waals surface area contributed by atoms with Crippen molar-refractivity contribution in [1.29, 1.82) is 0 Å². The molecule has 1 aliphatic heterocycles. The lowest BCUT2D eigenvalue weighted by Gasteiger charge is -2.27. The van der Waals surface area contributed by atoms with E-state index < -0.39 is 23.4 Å². The third-order valence-electron chi connectivity index (χ3n) is 5.58. The average molecular weight is 489 g/mol. The molecule has 0 aliphatic carbocycles. The number of nitrogens with zero attached hydrogens (tertiary/aromatic N) is 4. The molecule has 5 rings (SSSR count). The van der Waals surface area contributed by atoms with Crippen LogP contribution in [0.2, 0.25) is 0 Å². The molecule has 0 bridgehead atoms. The zero-order chi connectivity index (χ0) is 24.4. The number of aromatic nitrogens is 3. The quantitative estimate of drug-likeness (QED) is 0.303. The fraction of sp³-hybridized carbons (Fsp3) is 0.125. The van der Waals surface area contributed by atoms with Crippen molar-refractivity contribution in [3.63, 3.8) is 0 Å². The van der Waals surface area contributed by atoms with Crippen LogP contribution >= 0.6 is 11.8 Å². The summed E-state index contributed by atoms with van der Waals surface area (Å²) in [5, 5.41) is 12.2. The molecule has 0 radical (unpaired) electrons. The van der Waals surface area contributed by atoms with Crippen molar-refractivity contribution in [1.82, 2.24) is 30.5 Å². The van der Waals surface area contributed by atoms with Crippen LogP contribution in [0, 0.1) is 0 Å². The molecule has 11 heteroatoms. The fourth-order valence-corrected chi connectivity index (χ4v) is 4.62. The van der Waals surface area contributed by atoms with Crippen molar-refractivity contribution in [2.45, 2.75) is 10.7 Å². The van der Waals surface area contributed by atoms with E-state index in [1.165, 1.54) is 6.26 Å². The molecule has 1 aliphatic rings. The number of nitrogens with one attached hydrogen (secondary N) is 2. The van der Waals surface area contributed by atoms with Crippen LogP contribution in [0.25, 0.3) is 11.6 Å². The van der Waals surface area contributed by atoms with Gasteiger partial charge in [0.2, 0.25) is 5.91 Å². The van der Waals surface area contributed by atoms with Crippen LogP contribution in [0.1, 0.15) is 11.1 Å². The van der Waals surface area contributed by atoms with Crippen LogP contribution in [0.5, 0.6) is 0 Å². The molecule has 0 unspecified atom stereocenters. The Hall–Kier alpha value is -4.38. The van der Waals surface area contributed by atoms with E-state index in [-0.39, 0.29) is 5.75 Å². The molecule has 2 aromatic carbocycles. The Bertz CT molecular complexity index is 1330. The molecule has 1 fully saturated rings. The zero-order valence-electron chi connectivity index (χ0n) is 18.5. The summed E-state index contributed by atoms with van der Waals surface area (Å²) in [6.45, 7) is 0. The highest BCUT2D eigenvalue weighted by Gasteiger charge is 2.54. The predicted octanol–water partition coefficient (Wildman–Crippen LogP) is 2.69. The van der Waals surface area contributed by atoms with Crippen LogP contribution in [-0.4, -0.2) is 43.4 Å². The number of urea groups is 1. The first-order valence-corrected chi connectivity index (χ1v) is 11.6. The molecule has 4 amide bonds. The minimum Gasteiger partial charge on any atom is -0.461 e. The number of rotatable bonds is 7.